The fraction of sp³-hybridized carbons (Fsp3) is 0.200. The molecule has 0 aliphatic rings. The number of nitrogens with one attached hydrogen (secondary N) is 2. The van der Waals surface area contributed by atoms with E-state index in [4.69, 9.17) is 0 Å². The van der Waals surface area contributed by atoms with Gasteiger partial charge < -0.3 is 15.7 Å². The standard InChI is InChI=1S/C15H17N3O2/c1-2-16-8-11-4-3-5-13(6-11)18-15(20)12-7-14(19)10-17-9-12/h3-7,9-10,16,19H,2,8H2,1H3,(H,18,20). The third-order valence-electron chi connectivity index (χ3n) is 2.75. The van der Waals surface area contributed by atoms with Crippen molar-refractivity contribution in [2.45, 2.75) is 13.5 Å². The average molecular weight is 271 g/mol. The maximum atomic E-state index is 12.0. The molecule has 0 aliphatic carbocycles. The lowest BCUT2D eigenvalue weighted by Gasteiger charge is -2.08. The molecule has 1 aromatic carbocycles. The maximum Gasteiger partial charge on any atom is 0.257 e. The highest BCUT2D eigenvalue weighted by Gasteiger charge is 2.07. The monoisotopic (exact) mass is 271 g/mol. The van der Waals surface area contributed by atoms with Crippen LogP contribution in [0.2, 0.25) is 0 Å². The molecule has 0 radical (unpaired) electrons. The molecule has 0 spiro atoms. The molecule has 0 fully saturated rings. The van der Waals surface area contributed by atoms with Crippen LogP contribution >= 0.6 is 0 Å². The number of carbonyl (C=O) groups excluding carboxylic acids is 1. The number of pyridine rings is 1. The summed E-state index contributed by atoms with van der Waals surface area (Å²) in [5.74, 6) is -0.326. The molecule has 0 saturated carbocycles. The number of anilines is 1. The van der Waals surface area contributed by atoms with Crippen molar-refractivity contribution in [3.05, 3.63) is 53.9 Å². The summed E-state index contributed by atoms with van der Waals surface area (Å²) in [5, 5.41) is 15.3. The van der Waals surface area contributed by atoms with Crippen LogP contribution in [0.4, 0.5) is 5.69 Å². The zero-order valence-electron chi connectivity index (χ0n) is 11.3. The molecule has 0 saturated heterocycles. The zero-order valence-corrected chi connectivity index (χ0v) is 11.3. The van der Waals surface area contributed by atoms with Gasteiger partial charge in [0.1, 0.15) is 5.75 Å². The van der Waals surface area contributed by atoms with E-state index in [1.165, 1.54) is 18.5 Å². The Morgan fingerprint density at radius 2 is 2.15 bits per heavy atom. The Morgan fingerprint density at radius 1 is 1.30 bits per heavy atom. The number of aromatic nitrogens is 1. The lowest BCUT2D eigenvalue weighted by Crippen LogP contribution is -2.14. The van der Waals surface area contributed by atoms with Crippen LogP contribution in [0.1, 0.15) is 22.8 Å². The molecule has 0 aliphatic heterocycles. The molecule has 1 amide bonds. The number of amides is 1. The smallest absolute Gasteiger partial charge is 0.257 e. The van der Waals surface area contributed by atoms with Gasteiger partial charge in [0.2, 0.25) is 0 Å². The van der Waals surface area contributed by atoms with E-state index < -0.39 is 0 Å². The number of nitrogens with zero attached hydrogens (tertiary/aromatic N) is 1. The van der Waals surface area contributed by atoms with Gasteiger partial charge in [0.05, 0.1) is 11.8 Å². The first kappa shape index (κ1) is 14.0. The van der Waals surface area contributed by atoms with E-state index in [2.05, 4.69) is 15.6 Å². The van der Waals surface area contributed by atoms with Gasteiger partial charge in [-0.2, -0.15) is 0 Å². The Morgan fingerprint density at radius 3 is 2.90 bits per heavy atom. The van der Waals surface area contributed by atoms with Crippen molar-refractivity contribution in [2.75, 3.05) is 11.9 Å². The lowest BCUT2D eigenvalue weighted by atomic mass is 10.2. The summed E-state index contributed by atoms with van der Waals surface area (Å²) in [5.41, 5.74) is 2.13. The highest BCUT2D eigenvalue weighted by atomic mass is 16.3. The third kappa shape index (κ3) is 3.80. The highest BCUT2D eigenvalue weighted by molar-refractivity contribution is 6.04. The molecule has 2 aromatic rings. The SMILES string of the molecule is CCNCc1cccc(NC(=O)c2cncc(O)c2)c1. The second-order valence-electron chi connectivity index (χ2n) is 4.37. The molecular formula is C15H17N3O2. The van der Waals surface area contributed by atoms with Gasteiger partial charge >= 0.3 is 0 Å². The Labute approximate surface area is 117 Å². The van der Waals surface area contributed by atoms with E-state index in [1.807, 2.05) is 31.2 Å². The van der Waals surface area contributed by atoms with Gasteiger partial charge in [0, 0.05) is 18.4 Å². The minimum absolute atomic E-state index is 0.0291. The Kier molecular flexibility index (Phi) is 4.68. The first-order valence-electron chi connectivity index (χ1n) is 6.44. The molecule has 5 nitrogen and oxygen atoms in total. The second-order valence-corrected chi connectivity index (χ2v) is 4.37. The van der Waals surface area contributed by atoms with Gasteiger partial charge in [0.25, 0.3) is 5.91 Å². The fourth-order valence-electron chi connectivity index (χ4n) is 1.78. The first-order chi connectivity index (χ1) is 9.69. The molecular weight excluding hydrogens is 254 g/mol. The van der Waals surface area contributed by atoms with Gasteiger partial charge in [-0.25, -0.2) is 0 Å². The molecule has 3 N–H and O–H groups in total. The van der Waals surface area contributed by atoms with E-state index in [-0.39, 0.29) is 11.7 Å². The van der Waals surface area contributed by atoms with E-state index in [1.54, 1.807) is 0 Å². The number of hydrogen-bond acceptors (Lipinski definition) is 4. The lowest BCUT2D eigenvalue weighted by molar-refractivity contribution is 0.102. The summed E-state index contributed by atoms with van der Waals surface area (Å²) in [6.45, 7) is 3.69. The Bertz CT molecular complexity index is 599. The minimum Gasteiger partial charge on any atom is -0.506 e. The van der Waals surface area contributed by atoms with Gasteiger partial charge in [-0.3, -0.25) is 9.78 Å². The molecule has 5 heteroatoms. The number of carbonyl (C=O) groups is 1. The van der Waals surface area contributed by atoms with Crippen LogP contribution in [0.3, 0.4) is 0 Å². The molecule has 1 heterocycles. The van der Waals surface area contributed by atoms with Crippen molar-refractivity contribution in [1.29, 1.82) is 0 Å². The van der Waals surface area contributed by atoms with Gasteiger partial charge in [0.15, 0.2) is 0 Å². The zero-order chi connectivity index (χ0) is 14.4. The summed E-state index contributed by atoms with van der Waals surface area (Å²) < 4.78 is 0. The second kappa shape index (κ2) is 6.68. The van der Waals surface area contributed by atoms with Crippen LogP contribution in [0, 0.1) is 0 Å². The molecule has 104 valence electrons. The quantitative estimate of drug-likeness (QED) is 0.779. The molecule has 2 rings (SSSR count). The van der Waals surface area contributed by atoms with Crippen molar-refractivity contribution in [1.82, 2.24) is 10.3 Å². The van der Waals surface area contributed by atoms with Gasteiger partial charge in [-0.05, 0) is 30.3 Å². The summed E-state index contributed by atoms with van der Waals surface area (Å²) in [7, 11) is 0. The highest BCUT2D eigenvalue weighted by Crippen LogP contribution is 2.14. The number of rotatable bonds is 5. The van der Waals surface area contributed by atoms with Crippen LogP contribution in [-0.4, -0.2) is 22.5 Å². The molecule has 1 aromatic heterocycles. The number of benzene rings is 1. The Hall–Kier alpha value is -2.40. The van der Waals surface area contributed by atoms with E-state index in [9.17, 15) is 9.90 Å². The van der Waals surface area contributed by atoms with Crippen molar-refractivity contribution < 1.29 is 9.90 Å². The summed E-state index contributed by atoms with van der Waals surface area (Å²) in [6, 6.07) is 9.00. The van der Waals surface area contributed by atoms with Gasteiger partial charge in [-0.1, -0.05) is 19.1 Å². The van der Waals surface area contributed by atoms with Crippen molar-refractivity contribution in [2.24, 2.45) is 0 Å². The summed E-state index contributed by atoms with van der Waals surface area (Å²) in [6.07, 6.45) is 2.70. The third-order valence-corrected chi connectivity index (χ3v) is 2.75. The molecule has 20 heavy (non-hydrogen) atoms. The van der Waals surface area contributed by atoms with E-state index in [0.29, 0.717) is 11.3 Å². The van der Waals surface area contributed by atoms with Crippen LogP contribution in [0.15, 0.2) is 42.7 Å². The summed E-state index contributed by atoms with van der Waals surface area (Å²) in [4.78, 5) is 15.8. The normalized spacial score (nSPS) is 10.2. The predicted octanol–water partition coefficient (Wildman–Crippen LogP) is 2.15. The van der Waals surface area contributed by atoms with Crippen molar-refractivity contribution in [3.63, 3.8) is 0 Å². The van der Waals surface area contributed by atoms with Crippen molar-refractivity contribution in [3.8, 4) is 5.75 Å². The van der Waals surface area contributed by atoms with Gasteiger partial charge in [-0.15, -0.1) is 0 Å². The summed E-state index contributed by atoms with van der Waals surface area (Å²) >= 11 is 0. The predicted molar refractivity (Wildman–Crippen MR) is 77.7 cm³/mol. The van der Waals surface area contributed by atoms with E-state index >= 15 is 0 Å². The molecule has 0 unspecified atom stereocenters. The maximum absolute atomic E-state index is 12.0. The fourth-order valence-corrected chi connectivity index (χ4v) is 1.78. The Balaban J connectivity index is 2.07. The number of hydrogen-bond donors (Lipinski definition) is 3. The van der Waals surface area contributed by atoms with Crippen LogP contribution in [0.25, 0.3) is 0 Å². The van der Waals surface area contributed by atoms with Crippen LogP contribution < -0.4 is 10.6 Å². The largest absolute Gasteiger partial charge is 0.506 e. The van der Waals surface area contributed by atoms with Crippen LogP contribution in [0.5, 0.6) is 5.75 Å². The van der Waals surface area contributed by atoms with Crippen LogP contribution in [-0.2, 0) is 6.54 Å². The number of aromatic hydroxyl groups is 1. The topological polar surface area (TPSA) is 74.2 Å². The molecule has 0 bridgehead atoms. The van der Waals surface area contributed by atoms with Crippen molar-refractivity contribution >= 4 is 11.6 Å². The minimum atomic E-state index is -0.297. The molecule has 0 atom stereocenters. The van der Waals surface area contributed by atoms with E-state index in [0.717, 1.165) is 18.7 Å². The first-order valence-corrected chi connectivity index (χ1v) is 6.44. The average Bonchev–Trinajstić information content (AvgIpc) is 2.45.